The van der Waals surface area contributed by atoms with Crippen LogP contribution < -0.4 is 14.2 Å². The number of para-hydroxylation sites is 1. The van der Waals surface area contributed by atoms with Crippen LogP contribution in [0.4, 0.5) is 0 Å². The van der Waals surface area contributed by atoms with Gasteiger partial charge in [0.25, 0.3) is 0 Å². The Morgan fingerprint density at radius 1 is 1.09 bits per heavy atom. The quantitative estimate of drug-likeness (QED) is 0.431. The summed E-state index contributed by atoms with van der Waals surface area (Å²) in [7, 11) is 1.69. The molecule has 0 radical (unpaired) electrons. The summed E-state index contributed by atoms with van der Waals surface area (Å²) in [6, 6.07) is 22.8. The predicted octanol–water partition coefficient (Wildman–Crippen LogP) is 6.06. The van der Waals surface area contributed by atoms with Gasteiger partial charge in [-0.05, 0) is 43.5 Å². The van der Waals surface area contributed by atoms with Gasteiger partial charge in [0.05, 0.1) is 25.5 Å². The van der Waals surface area contributed by atoms with Crippen molar-refractivity contribution in [1.29, 1.82) is 0 Å². The van der Waals surface area contributed by atoms with Gasteiger partial charge >= 0.3 is 0 Å². The van der Waals surface area contributed by atoms with Gasteiger partial charge in [0.1, 0.15) is 5.75 Å². The number of hydrogen-bond donors (Lipinski definition) is 0. The van der Waals surface area contributed by atoms with Crippen LogP contribution in [0.15, 0.2) is 76.7 Å². The van der Waals surface area contributed by atoms with Gasteiger partial charge in [-0.25, -0.2) is 5.01 Å². The van der Waals surface area contributed by atoms with Crippen molar-refractivity contribution in [3.05, 3.63) is 83.4 Å². The molecule has 6 heteroatoms. The van der Waals surface area contributed by atoms with Gasteiger partial charge in [0, 0.05) is 28.0 Å². The van der Waals surface area contributed by atoms with E-state index in [0.29, 0.717) is 6.61 Å². The number of fused-ring (bicyclic) bond motifs is 3. The van der Waals surface area contributed by atoms with E-state index >= 15 is 0 Å². The lowest BCUT2D eigenvalue weighted by Gasteiger charge is -2.38. The number of rotatable bonds is 6. The maximum absolute atomic E-state index is 6.58. The maximum atomic E-state index is 6.58. The topological polar surface area (TPSA) is 43.3 Å². The molecule has 0 fully saturated rings. The third-order valence-corrected chi connectivity index (χ3v) is 6.63. The lowest BCUT2D eigenvalue weighted by atomic mass is 9.95. The SMILES string of the molecule is CCOc1cccc2c1OC(c1ccc(SC)cc1)N1N=C(c3cccc(OC)c3)CC21. The third-order valence-electron chi connectivity index (χ3n) is 5.88. The zero-order valence-corrected chi connectivity index (χ0v) is 19.3. The number of thioether (sulfide) groups is 1. The molecule has 2 atom stereocenters. The number of hydrogen-bond acceptors (Lipinski definition) is 6. The standard InChI is InChI=1S/C26H26N2O3S/c1-4-30-24-10-6-9-21-23-16-22(18-7-5-8-19(15-18)29-2)27-28(23)26(31-25(21)24)17-11-13-20(32-3)14-12-17/h5-15,23,26H,4,16H2,1-3H3. The van der Waals surface area contributed by atoms with Crippen molar-refractivity contribution in [3.63, 3.8) is 0 Å². The predicted molar refractivity (Wildman–Crippen MR) is 128 cm³/mol. The summed E-state index contributed by atoms with van der Waals surface area (Å²) >= 11 is 1.73. The minimum absolute atomic E-state index is 0.0746. The van der Waals surface area contributed by atoms with Crippen molar-refractivity contribution >= 4 is 17.5 Å². The van der Waals surface area contributed by atoms with Crippen LogP contribution in [0.1, 0.15) is 42.3 Å². The zero-order chi connectivity index (χ0) is 22.1. The van der Waals surface area contributed by atoms with E-state index in [9.17, 15) is 0 Å². The second-order valence-corrected chi connectivity index (χ2v) is 8.61. The molecule has 0 saturated carbocycles. The fourth-order valence-corrected chi connectivity index (χ4v) is 4.73. The first-order valence-corrected chi connectivity index (χ1v) is 12.0. The second-order valence-electron chi connectivity index (χ2n) is 7.73. The minimum Gasteiger partial charge on any atom is -0.497 e. The zero-order valence-electron chi connectivity index (χ0n) is 18.4. The molecule has 2 aliphatic heterocycles. The van der Waals surface area contributed by atoms with E-state index in [2.05, 4.69) is 47.7 Å². The number of ether oxygens (including phenoxy) is 3. The van der Waals surface area contributed by atoms with E-state index < -0.39 is 0 Å². The highest BCUT2D eigenvalue weighted by Gasteiger charge is 2.42. The molecule has 2 heterocycles. The Kier molecular flexibility index (Phi) is 5.70. The van der Waals surface area contributed by atoms with Gasteiger partial charge < -0.3 is 14.2 Å². The summed E-state index contributed by atoms with van der Waals surface area (Å²) in [5.41, 5.74) is 4.27. The first kappa shape index (κ1) is 20.8. The number of methoxy groups -OCH3 is 1. The summed E-state index contributed by atoms with van der Waals surface area (Å²) in [5.74, 6) is 2.43. The van der Waals surface area contributed by atoms with Crippen molar-refractivity contribution < 1.29 is 14.2 Å². The van der Waals surface area contributed by atoms with Crippen LogP contribution in [0.25, 0.3) is 0 Å². The van der Waals surface area contributed by atoms with Gasteiger partial charge in [0.2, 0.25) is 6.23 Å². The third kappa shape index (κ3) is 3.69. The first-order chi connectivity index (χ1) is 15.7. The summed E-state index contributed by atoms with van der Waals surface area (Å²) < 4.78 is 17.9. The van der Waals surface area contributed by atoms with Gasteiger partial charge in [0.15, 0.2) is 11.5 Å². The molecule has 5 rings (SSSR count). The Balaban J connectivity index is 1.59. The second kappa shape index (κ2) is 8.79. The fourth-order valence-electron chi connectivity index (χ4n) is 4.32. The molecule has 0 aliphatic carbocycles. The molecule has 3 aromatic carbocycles. The van der Waals surface area contributed by atoms with Crippen LogP contribution >= 0.6 is 11.8 Å². The Morgan fingerprint density at radius 3 is 2.66 bits per heavy atom. The molecule has 0 spiro atoms. The first-order valence-electron chi connectivity index (χ1n) is 10.8. The van der Waals surface area contributed by atoms with Crippen LogP contribution in [-0.4, -0.2) is 30.7 Å². The van der Waals surface area contributed by atoms with Crippen molar-refractivity contribution in [2.24, 2.45) is 5.10 Å². The normalized spacial score (nSPS) is 19.0. The highest BCUT2D eigenvalue weighted by Crippen LogP contribution is 2.50. The molecular weight excluding hydrogens is 420 g/mol. The fraction of sp³-hybridized carbons (Fsp3) is 0.269. The summed E-state index contributed by atoms with van der Waals surface area (Å²) in [6.45, 7) is 2.58. The minimum atomic E-state index is -0.326. The lowest BCUT2D eigenvalue weighted by molar-refractivity contribution is -0.0212. The number of nitrogens with zero attached hydrogens (tertiary/aromatic N) is 2. The highest BCUT2D eigenvalue weighted by molar-refractivity contribution is 7.98. The lowest BCUT2D eigenvalue weighted by Crippen LogP contribution is -2.33. The van der Waals surface area contributed by atoms with E-state index in [1.54, 1.807) is 18.9 Å². The monoisotopic (exact) mass is 446 g/mol. The Hall–Kier alpha value is -3.12. The molecule has 32 heavy (non-hydrogen) atoms. The molecule has 0 saturated heterocycles. The van der Waals surface area contributed by atoms with Gasteiger partial charge in [-0.15, -0.1) is 11.8 Å². The Morgan fingerprint density at radius 2 is 1.91 bits per heavy atom. The van der Waals surface area contributed by atoms with E-state index in [-0.39, 0.29) is 12.3 Å². The highest BCUT2D eigenvalue weighted by atomic mass is 32.2. The maximum Gasteiger partial charge on any atom is 0.214 e. The van der Waals surface area contributed by atoms with Crippen LogP contribution in [-0.2, 0) is 0 Å². The smallest absolute Gasteiger partial charge is 0.214 e. The van der Waals surface area contributed by atoms with Crippen LogP contribution in [0.2, 0.25) is 0 Å². The Labute approximate surface area is 193 Å². The number of benzene rings is 3. The molecule has 0 N–H and O–H groups in total. The van der Waals surface area contributed by atoms with E-state index in [0.717, 1.165) is 46.1 Å². The average molecular weight is 447 g/mol. The molecule has 0 aromatic heterocycles. The molecule has 0 amide bonds. The summed E-state index contributed by atoms with van der Waals surface area (Å²) in [4.78, 5) is 1.22. The molecule has 2 unspecified atom stereocenters. The molecule has 0 bridgehead atoms. The van der Waals surface area contributed by atoms with Gasteiger partial charge in [-0.1, -0.05) is 36.4 Å². The molecule has 3 aromatic rings. The van der Waals surface area contributed by atoms with E-state index in [4.69, 9.17) is 19.3 Å². The summed E-state index contributed by atoms with van der Waals surface area (Å²) in [6.07, 6.45) is 2.55. The van der Waals surface area contributed by atoms with E-state index in [1.807, 2.05) is 37.3 Å². The van der Waals surface area contributed by atoms with Crippen LogP contribution in [0.5, 0.6) is 17.2 Å². The van der Waals surface area contributed by atoms with Crippen LogP contribution in [0, 0.1) is 0 Å². The van der Waals surface area contributed by atoms with Crippen molar-refractivity contribution in [3.8, 4) is 17.2 Å². The van der Waals surface area contributed by atoms with Crippen molar-refractivity contribution in [2.75, 3.05) is 20.0 Å². The average Bonchev–Trinajstić information content (AvgIpc) is 3.30. The molecular formula is C26H26N2O3S. The molecule has 5 nitrogen and oxygen atoms in total. The number of hydrazone groups is 1. The van der Waals surface area contributed by atoms with Crippen molar-refractivity contribution in [1.82, 2.24) is 5.01 Å². The van der Waals surface area contributed by atoms with Gasteiger partial charge in [-0.3, -0.25) is 0 Å². The molecule has 164 valence electrons. The summed E-state index contributed by atoms with van der Waals surface area (Å²) in [5, 5.41) is 7.15. The molecule has 2 aliphatic rings. The largest absolute Gasteiger partial charge is 0.497 e. The van der Waals surface area contributed by atoms with Crippen molar-refractivity contribution in [2.45, 2.75) is 30.5 Å². The van der Waals surface area contributed by atoms with Crippen LogP contribution in [0.3, 0.4) is 0 Å². The van der Waals surface area contributed by atoms with Gasteiger partial charge in [-0.2, -0.15) is 5.10 Å². The Bertz CT molecular complexity index is 1150. The van der Waals surface area contributed by atoms with E-state index in [1.165, 1.54) is 4.90 Å².